The third kappa shape index (κ3) is 2.25. The maximum atomic E-state index is 11.9. The number of hydrogen-bond donors (Lipinski definition) is 1. The topological polar surface area (TPSA) is 83.7 Å². The van der Waals surface area contributed by atoms with E-state index in [0.717, 1.165) is 0 Å². The maximum absolute atomic E-state index is 11.9. The van der Waals surface area contributed by atoms with Crippen molar-refractivity contribution in [3.05, 3.63) is 52.6 Å². The Labute approximate surface area is 120 Å². The normalized spacial score (nSPS) is 10.5. The second-order valence-corrected chi connectivity index (χ2v) is 4.42. The first-order valence-electron chi connectivity index (χ1n) is 6.48. The average Bonchev–Trinajstić information content (AvgIpc) is 2.83. The molecule has 3 rings (SSSR count). The van der Waals surface area contributed by atoms with Gasteiger partial charge in [0.1, 0.15) is 5.52 Å². The van der Waals surface area contributed by atoms with Crippen LogP contribution < -0.4 is 10.4 Å². The number of aromatic amines is 1. The third-order valence-corrected chi connectivity index (χ3v) is 3.15. The summed E-state index contributed by atoms with van der Waals surface area (Å²) >= 11 is 0. The molecular formula is C15H12N4O2. The van der Waals surface area contributed by atoms with Crippen LogP contribution >= 0.6 is 0 Å². The number of fused-ring (bicyclic) bond motifs is 1. The van der Waals surface area contributed by atoms with E-state index in [9.17, 15) is 4.79 Å². The smallest absolute Gasteiger partial charge is 0.326 e. The van der Waals surface area contributed by atoms with Gasteiger partial charge in [-0.25, -0.2) is 9.78 Å². The number of aromatic nitrogens is 3. The highest BCUT2D eigenvalue weighted by Crippen LogP contribution is 2.27. The summed E-state index contributed by atoms with van der Waals surface area (Å²) in [5.74, 6) is 0.841. The van der Waals surface area contributed by atoms with Crippen LogP contribution in [0.15, 0.2) is 41.3 Å². The molecule has 3 aromatic rings. The fourth-order valence-electron chi connectivity index (χ4n) is 2.22. The lowest BCUT2D eigenvalue weighted by atomic mass is 10.3. The van der Waals surface area contributed by atoms with E-state index in [1.807, 2.05) is 19.1 Å². The molecule has 6 heteroatoms. The summed E-state index contributed by atoms with van der Waals surface area (Å²) in [6, 6.07) is 10.6. The van der Waals surface area contributed by atoms with Gasteiger partial charge in [0.05, 0.1) is 17.1 Å². The van der Waals surface area contributed by atoms with Crippen molar-refractivity contribution in [2.75, 3.05) is 0 Å². The highest BCUT2D eigenvalue weighted by molar-refractivity contribution is 5.82. The molecule has 0 spiro atoms. The molecule has 6 nitrogen and oxygen atoms in total. The third-order valence-electron chi connectivity index (χ3n) is 3.15. The first-order valence-corrected chi connectivity index (χ1v) is 6.48. The van der Waals surface area contributed by atoms with Gasteiger partial charge in [0.2, 0.25) is 5.88 Å². The molecule has 2 aromatic heterocycles. The predicted molar refractivity (Wildman–Crippen MR) is 77.3 cm³/mol. The minimum Gasteiger partial charge on any atom is -0.437 e. The zero-order chi connectivity index (χ0) is 14.8. The molecule has 104 valence electrons. The van der Waals surface area contributed by atoms with E-state index in [1.54, 1.807) is 28.8 Å². The van der Waals surface area contributed by atoms with Crippen LogP contribution in [0.5, 0.6) is 11.6 Å². The standard InChI is InChI=1S/C15H12N4O2/c1-2-19-14-11(18-15(19)20)4-3-5-12(14)21-13-8-10(9-16)6-7-17-13/h3-8H,2H2,1H3,(H,18,20). The van der Waals surface area contributed by atoms with Gasteiger partial charge in [0, 0.05) is 18.8 Å². The first kappa shape index (κ1) is 12.9. The van der Waals surface area contributed by atoms with E-state index in [0.29, 0.717) is 34.8 Å². The van der Waals surface area contributed by atoms with E-state index in [4.69, 9.17) is 10.00 Å². The molecule has 0 radical (unpaired) electrons. The Balaban J connectivity index is 2.12. The number of para-hydroxylation sites is 1. The van der Waals surface area contributed by atoms with Gasteiger partial charge in [0.25, 0.3) is 0 Å². The molecule has 0 fully saturated rings. The number of benzene rings is 1. The minimum absolute atomic E-state index is 0.178. The summed E-state index contributed by atoms with van der Waals surface area (Å²) in [6.45, 7) is 2.42. The molecule has 1 aromatic carbocycles. The average molecular weight is 280 g/mol. The van der Waals surface area contributed by atoms with Crippen LogP contribution in [0.1, 0.15) is 12.5 Å². The van der Waals surface area contributed by atoms with Crippen LogP contribution in [-0.2, 0) is 6.54 Å². The van der Waals surface area contributed by atoms with Crippen molar-refractivity contribution in [2.45, 2.75) is 13.5 Å². The van der Waals surface area contributed by atoms with Crippen LogP contribution in [0.2, 0.25) is 0 Å². The van der Waals surface area contributed by atoms with Crippen molar-refractivity contribution in [1.82, 2.24) is 14.5 Å². The summed E-state index contributed by atoms with van der Waals surface area (Å²) in [4.78, 5) is 18.7. The molecule has 0 bridgehead atoms. The van der Waals surface area contributed by atoms with Crippen molar-refractivity contribution in [2.24, 2.45) is 0 Å². The Kier molecular flexibility index (Phi) is 3.16. The molecule has 0 saturated heterocycles. The van der Waals surface area contributed by atoms with Crippen LogP contribution in [0.4, 0.5) is 0 Å². The van der Waals surface area contributed by atoms with E-state index < -0.39 is 0 Å². The SMILES string of the molecule is CCn1c(=O)[nH]c2cccc(Oc3cc(C#N)ccn3)c21. The van der Waals surface area contributed by atoms with Gasteiger partial charge in [-0.15, -0.1) is 0 Å². The number of nitrogens with zero attached hydrogens (tertiary/aromatic N) is 3. The molecule has 0 aliphatic heterocycles. The number of pyridine rings is 1. The van der Waals surface area contributed by atoms with Crippen molar-refractivity contribution in [3.8, 4) is 17.7 Å². The minimum atomic E-state index is -0.178. The van der Waals surface area contributed by atoms with Gasteiger partial charge >= 0.3 is 5.69 Å². The van der Waals surface area contributed by atoms with E-state index in [2.05, 4.69) is 9.97 Å². The van der Waals surface area contributed by atoms with Crippen molar-refractivity contribution >= 4 is 11.0 Å². The maximum Gasteiger partial charge on any atom is 0.326 e. The zero-order valence-corrected chi connectivity index (χ0v) is 11.3. The van der Waals surface area contributed by atoms with Gasteiger partial charge < -0.3 is 9.72 Å². The Morgan fingerprint density at radius 2 is 2.29 bits per heavy atom. The van der Waals surface area contributed by atoms with Crippen LogP contribution in [0.25, 0.3) is 11.0 Å². The second-order valence-electron chi connectivity index (χ2n) is 4.42. The molecule has 0 amide bonds. The number of nitrogens with one attached hydrogen (secondary N) is 1. The van der Waals surface area contributed by atoms with Crippen molar-refractivity contribution in [1.29, 1.82) is 5.26 Å². The molecule has 0 saturated carbocycles. The van der Waals surface area contributed by atoms with Crippen molar-refractivity contribution < 1.29 is 4.74 Å². The monoisotopic (exact) mass is 280 g/mol. The lowest BCUT2D eigenvalue weighted by Crippen LogP contribution is -2.15. The molecule has 1 N–H and O–H groups in total. The van der Waals surface area contributed by atoms with Gasteiger partial charge in [-0.05, 0) is 25.1 Å². The van der Waals surface area contributed by atoms with Gasteiger partial charge in [0.15, 0.2) is 5.75 Å². The summed E-state index contributed by atoms with van der Waals surface area (Å²) in [6.07, 6.45) is 1.51. The summed E-state index contributed by atoms with van der Waals surface area (Å²) in [5, 5.41) is 8.90. The number of aryl methyl sites for hydroxylation is 1. The van der Waals surface area contributed by atoms with Gasteiger partial charge in [-0.1, -0.05) is 6.07 Å². The molecular weight excluding hydrogens is 268 g/mol. The fourth-order valence-corrected chi connectivity index (χ4v) is 2.22. The quantitative estimate of drug-likeness (QED) is 0.798. The summed E-state index contributed by atoms with van der Waals surface area (Å²) < 4.78 is 7.34. The highest BCUT2D eigenvalue weighted by Gasteiger charge is 2.12. The number of rotatable bonds is 3. The van der Waals surface area contributed by atoms with E-state index in [1.165, 1.54) is 6.20 Å². The highest BCUT2D eigenvalue weighted by atomic mass is 16.5. The number of nitriles is 1. The lowest BCUT2D eigenvalue weighted by Gasteiger charge is -2.08. The van der Waals surface area contributed by atoms with Crippen molar-refractivity contribution in [3.63, 3.8) is 0 Å². The predicted octanol–water partition coefficient (Wildman–Crippen LogP) is 2.41. The van der Waals surface area contributed by atoms with Crippen LogP contribution in [-0.4, -0.2) is 14.5 Å². The number of ether oxygens (including phenoxy) is 1. The summed E-state index contributed by atoms with van der Waals surface area (Å²) in [7, 11) is 0. The van der Waals surface area contributed by atoms with E-state index in [-0.39, 0.29) is 5.69 Å². The Hall–Kier alpha value is -3.07. The molecule has 0 unspecified atom stereocenters. The molecule has 21 heavy (non-hydrogen) atoms. The first-order chi connectivity index (χ1) is 10.2. The molecule has 0 aliphatic rings. The van der Waals surface area contributed by atoms with E-state index >= 15 is 0 Å². The Morgan fingerprint density at radius 3 is 3.05 bits per heavy atom. The molecule has 0 atom stereocenters. The zero-order valence-electron chi connectivity index (χ0n) is 11.3. The number of H-pyrrole nitrogens is 1. The summed E-state index contributed by atoms with van der Waals surface area (Å²) in [5.41, 5.74) is 1.68. The Bertz CT molecular complexity index is 902. The van der Waals surface area contributed by atoms with Crippen LogP contribution in [0, 0.1) is 11.3 Å². The number of imidazole rings is 1. The number of hydrogen-bond acceptors (Lipinski definition) is 4. The lowest BCUT2D eigenvalue weighted by molar-refractivity contribution is 0.465. The van der Waals surface area contributed by atoms with Crippen LogP contribution in [0.3, 0.4) is 0 Å². The molecule has 0 aliphatic carbocycles. The van der Waals surface area contributed by atoms with Gasteiger partial charge in [-0.3, -0.25) is 4.57 Å². The largest absolute Gasteiger partial charge is 0.437 e. The fraction of sp³-hybridized carbons (Fsp3) is 0.133. The Morgan fingerprint density at radius 1 is 1.43 bits per heavy atom. The second kappa shape index (κ2) is 5.13. The van der Waals surface area contributed by atoms with Gasteiger partial charge in [-0.2, -0.15) is 5.26 Å². The molecule has 2 heterocycles.